The fourth-order valence-corrected chi connectivity index (χ4v) is 6.75. The Bertz CT molecular complexity index is 1820. The Labute approximate surface area is 247 Å². The van der Waals surface area contributed by atoms with Crippen LogP contribution in [0.4, 0.5) is 5.69 Å². The third-order valence-electron chi connectivity index (χ3n) is 8.82. The molecular formula is C29H30N4O11. The lowest BCUT2D eigenvalue weighted by molar-refractivity contribution is -0.228. The molecule has 6 atom stereocenters. The predicted molar refractivity (Wildman–Crippen MR) is 151 cm³/mol. The van der Waals surface area contributed by atoms with Crippen molar-refractivity contribution in [3.05, 3.63) is 63.1 Å². The summed E-state index contributed by atoms with van der Waals surface area (Å²) >= 11 is 0. The molecule has 1 aromatic carbocycles. The second-order valence-electron chi connectivity index (χ2n) is 11.3. The standard InChI is InChI=1S/C29H30N4O11/c34-7-10(8-35)31-33-27(42)20-18-14-5-11(37)2-4-15(14)30-22(18)23-19(21(20)28(33)43)13-3-1-12(38)6-16(13)32(23)29-26(41)25(40)24(39)17(9-36)44-29/h1-4,6,10,16-17,24-26,29-31,34-41H,5,7-9H2. The quantitative estimate of drug-likeness (QED) is 0.143. The van der Waals surface area contributed by atoms with Crippen molar-refractivity contribution in [3.63, 3.8) is 0 Å². The van der Waals surface area contributed by atoms with Gasteiger partial charge in [-0.2, -0.15) is 0 Å². The Hall–Kier alpha value is -4.06. The van der Waals surface area contributed by atoms with Gasteiger partial charge in [-0.05, 0) is 35.4 Å². The minimum absolute atomic E-state index is 0.000516. The molecule has 2 aliphatic carbocycles. The van der Waals surface area contributed by atoms with Crippen LogP contribution in [0.2, 0.25) is 0 Å². The molecule has 10 N–H and O–H groups in total. The molecule has 0 radical (unpaired) electrons. The van der Waals surface area contributed by atoms with Crippen molar-refractivity contribution in [2.45, 2.75) is 49.1 Å². The molecule has 15 heteroatoms. The average Bonchev–Trinajstić information content (AvgIpc) is 3.62. The van der Waals surface area contributed by atoms with E-state index in [9.17, 15) is 50.4 Å². The van der Waals surface area contributed by atoms with E-state index in [1.54, 1.807) is 12.2 Å². The second-order valence-corrected chi connectivity index (χ2v) is 11.3. The van der Waals surface area contributed by atoms with Crippen molar-refractivity contribution in [3.8, 4) is 0 Å². The van der Waals surface area contributed by atoms with Gasteiger partial charge in [-0.15, -0.1) is 0 Å². The Morgan fingerprint density at radius 1 is 0.977 bits per heavy atom. The molecular weight excluding hydrogens is 580 g/mol. The normalized spacial score (nSPS) is 29.1. The number of nitrogens with zero attached hydrogens (tertiary/aromatic N) is 2. The SMILES string of the molecule is O=C1c2c(c3c4c([nH]c3c3c2=C2C=CC(O)=CC2N3C2OC(CO)C(O)C(O)C2O)=CC=C(O)C4)C(=O)N1NC(CO)CO. The summed E-state index contributed by atoms with van der Waals surface area (Å²) in [6.07, 6.45) is -0.303. The predicted octanol–water partition coefficient (Wildman–Crippen LogP) is -3.45. The molecule has 1 fully saturated rings. The molecule has 7 rings (SSSR count). The molecule has 232 valence electrons. The van der Waals surface area contributed by atoms with E-state index in [-0.39, 0.29) is 40.0 Å². The average molecular weight is 611 g/mol. The maximum absolute atomic E-state index is 14.1. The molecule has 44 heavy (non-hydrogen) atoms. The van der Waals surface area contributed by atoms with Gasteiger partial charge < -0.3 is 55.5 Å². The van der Waals surface area contributed by atoms with E-state index < -0.39 is 74.4 Å². The van der Waals surface area contributed by atoms with E-state index in [0.717, 1.165) is 5.01 Å². The number of imide groups is 1. The molecule has 0 saturated carbocycles. The van der Waals surface area contributed by atoms with Crippen LogP contribution in [0.5, 0.6) is 0 Å². The van der Waals surface area contributed by atoms with Crippen LogP contribution < -0.4 is 20.9 Å². The van der Waals surface area contributed by atoms with E-state index in [1.807, 2.05) is 0 Å². The number of hydrogen-bond acceptors (Lipinski definition) is 13. The number of benzene rings is 1. The topological polar surface area (TPSA) is 240 Å². The van der Waals surface area contributed by atoms with E-state index in [4.69, 9.17) is 4.74 Å². The number of aliphatic hydroxyl groups is 8. The van der Waals surface area contributed by atoms with Crippen LogP contribution in [0.1, 0.15) is 26.3 Å². The smallest absolute Gasteiger partial charge is 0.276 e. The second kappa shape index (κ2) is 10.3. The summed E-state index contributed by atoms with van der Waals surface area (Å²) in [5.41, 5.74) is 4.09. The molecule has 6 unspecified atom stereocenters. The van der Waals surface area contributed by atoms with Crippen LogP contribution in [0, 0.1) is 0 Å². The first-order valence-corrected chi connectivity index (χ1v) is 14.0. The number of aromatic nitrogens is 1. The number of ether oxygens (including phenoxy) is 1. The highest BCUT2D eigenvalue weighted by atomic mass is 16.6. The van der Waals surface area contributed by atoms with Gasteiger partial charge in [0.25, 0.3) is 11.8 Å². The van der Waals surface area contributed by atoms with Crippen LogP contribution in [-0.4, -0.2) is 125 Å². The van der Waals surface area contributed by atoms with Crippen molar-refractivity contribution >= 4 is 40.1 Å². The molecule has 5 aliphatic rings. The summed E-state index contributed by atoms with van der Waals surface area (Å²) in [5.74, 6) is -1.70. The number of rotatable bonds is 6. The van der Waals surface area contributed by atoms with Crippen molar-refractivity contribution in [1.82, 2.24) is 15.4 Å². The number of carbonyl (C=O) groups is 2. The lowest BCUT2D eigenvalue weighted by Gasteiger charge is -2.46. The molecule has 2 aromatic rings. The largest absolute Gasteiger partial charge is 0.512 e. The van der Waals surface area contributed by atoms with Gasteiger partial charge in [0.05, 0.1) is 60.0 Å². The summed E-state index contributed by atoms with van der Waals surface area (Å²) in [6, 6.07) is -1.95. The molecule has 0 spiro atoms. The molecule has 4 heterocycles. The van der Waals surface area contributed by atoms with Gasteiger partial charge in [0, 0.05) is 22.4 Å². The first-order chi connectivity index (χ1) is 21.1. The Balaban J connectivity index is 1.55. The number of H-pyrrole nitrogens is 1. The van der Waals surface area contributed by atoms with Crippen LogP contribution in [0.15, 0.2) is 35.8 Å². The number of aliphatic hydroxyl groups excluding tert-OH is 8. The number of hydrogen-bond donors (Lipinski definition) is 10. The highest BCUT2D eigenvalue weighted by Gasteiger charge is 2.52. The first kappa shape index (κ1) is 28.7. The van der Waals surface area contributed by atoms with Gasteiger partial charge in [0.15, 0.2) is 6.23 Å². The number of nitrogens with one attached hydrogen (secondary N) is 2. The number of fused-ring (bicyclic) bond motifs is 9. The van der Waals surface area contributed by atoms with E-state index in [0.29, 0.717) is 27.4 Å². The minimum Gasteiger partial charge on any atom is -0.512 e. The monoisotopic (exact) mass is 610 g/mol. The van der Waals surface area contributed by atoms with Crippen molar-refractivity contribution in [1.29, 1.82) is 0 Å². The molecule has 15 nitrogen and oxygen atoms in total. The van der Waals surface area contributed by atoms with E-state index >= 15 is 0 Å². The third kappa shape index (κ3) is 3.85. The molecule has 3 aliphatic heterocycles. The van der Waals surface area contributed by atoms with Gasteiger partial charge in [-0.1, -0.05) is 6.08 Å². The number of amides is 2. The summed E-state index contributed by atoms with van der Waals surface area (Å²) in [4.78, 5) is 32.9. The number of anilines is 1. The first-order valence-electron chi connectivity index (χ1n) is 14.0. The number of carbonyl (C=O) groups excluding carboxylic acids is 2. The van der Waals surface area contributed by atoms with Crippen LogP contribution >= 0.6 is 0 Å². The maximum Gasteiger partial charge on any atom is 0.276 e. The zero-order chi connectivity index (χ0) is 31.2. The van der Waals surface area contributed by atoms with Gasteiger partial charge in [-0.3, -0.25) is 9.59 Å². The summed E-state index contributed by atoms with van der Waals surface area (Å²) in [5, 5.41) is 84.4. The fourth-order valence-electron chi connectivity index (χ4n) is 6.75. The zero-order valence-electron chi connectivity index (χ0n) is 23.0. The summed E-state index contributed by atoms with van der Waals surface area (Å²) in [7, 11) is 0. The Kier molecular flexibility index (Phi) is 6.69. The van der Waals surface area contributed by atoms with Crippen molar-refractivity contribution < 1.29 is 55.2 Å². The van der Waals surface area contributed by atoms with Gasteiger partial charge in [0.1, 0.15) is 30.2 Å². The summed E-state index contributed by atoms with van der Waals surface area (Å²) in [6.45, 7) is -1.85. The Morgan fingerprint density at radius 2 is 1.70 bits per heavy atom. The van der Waals surface area contributed by atoms with Gasteiger partial charge >= 0.3 is 0 Å². The van der Waals surface area contributed by atoms with Gasteiger partial charge in [-0.25, -0.2) is 10.4 Å². The molecule has 0 bridgehead atoms. The molecule has 2 amide bonds. The highest BCUT2D eigenvalue weighted by Crippen LogP contribution is 2.43. The highest BCUT2D eigenvalue weighted by molar-refractivity contribution is 6.29. The molecule has 1 saturated heterocycles. The van der Waals surface area contributed by atoms with Crippen LogP contribution in [0.3, 0.4) is 0 Å². The van der Waals surface area contributed by atoms with Crippen LogP contribution in [-0.2, 0) is 11.2 Å². The lowest BCUT2D eigenvalue weighted by Crippen LogP contribution is -2.64. The lowest BCUT2D eigenvalue weighted by atomic mass is 9.93. The number of allylic oxidation sites excluding steroid dienone is 3. The number of hydrazine groups is 1. The van der Waals surface area contributed by atoms with Crippen LogP contribution in [0.25, 0.3) is 22.6 Å². The summed E-state index contributed by atoms with van der Waals surface area (Å²) < 4.78 is 5.96. The zero-order valence-corrected chi connectivity index (χ0v) is 23.0. The van der Waals surface area contributed by atoms with Crippen molar-refractivity contribution in [2.75, 3.05) is 24.7 Å². The van der Waals surface area contributed by atoms with Gasteiger partial charge in [0.2, 0.25) is 0 Å². The number of aromatic amines is 1. The van der Waals surface area contributed by atoms with E-state index in [1.165, 1.54) is 23.1 Å². The van der Waals surface area contributed by atoms with Crippen molar-refractivity contribution in [2.24, 2.45) is 0 Å². The maximum atomic E-state index is 14.1. The fraction of sp³-hybridized carbons (Fsp3) is 0.379. The third-order valence-corrected chi connectivity index (χ3v) is 8.82. The minimum atomic E-state index is -1.73. The molecule has 1 aromatic heterocycles. The van der Waals surface area contributed by atoms with E-state index in [2.05, 4.69) is 10.4 Å². The Morgan fingerprint density at radius 3 is 2.41 bits per heavy atom.